The lowest BCUT2D eigenvalue weighted by Gasteiger charge is -2.21. The summed E-state index contributed by atoms with van der Waals surface area (Å²) in [4.78, 5) is 23.1. The zero-order valence-corrected chi connectivity index (χ0v) is 11.5. The molecule has 0 radical (unpaired) electrons. The van der Waals surface area contributed by atoms with Gasteiger partial charge in [-0.2, -0.15) is 0 Å². The smallest absolute Gasteiger partial charge is 0.309 e. The Kier molecular flexibility index (Phi) is 6.85. The zero-order valence-electron chi connectivity index (χ0n) is 11.5. The Hall–Kier alpha value is -1.06. The van der Waals surface area contributed by atoms with E-state index in [9.17, 15) is 9.59 Å². The Labute approximate surface area is 104 Å². The predicted molar refractivity (Wildman–Crippen MR) is 65.5 cm³/mol. The van der Waals surface area contributed by atoms with Crippen molar-refractivity contribution in [3.05, 3.63) is 0 Å². The van der Waals surface area contributed by atoms with Crippen molar-refractivity contribution in [1.82, 2.24) is 0 Å². The number of hydrogen-bond acceptors (Lipinski definition) is 4. The van der Waals surface area contributed by atoms with Crippen LogP contribution in [0.3, 0.4) is 0 Å². The van der Waals surface area contributed by atoms with E-state index in [1.807, 2.05) is 27.7 Å². The van der Waals surface area contributed by atoms with Crippen molar-refractivity contribution < 1.29 is 19.1 Å². The van der Waals surface area contributed by atoms with Crippen molar-refractivity contribution >= 4 is 11.9 Å². The summed E-state index contributed by atoms with van der Waals surface area (Å²) in [5, 5.41) is 0. The highest BCUT2D eigenvalue weighted by Crippen LogP contribution is 2.17. The summed E-state index contributed by atoms with van der Waals surface area (Å²) in [6.45, 7) is 7.47. The number of methoxy groups -OCH3 is 1. The van der Waals surface area contributed by atoms with Gasteiger partial charge in [0.25, 0.3) is 0 Å². The van der Waals surface area contributed by atoms with Crippen LogP contribution >= 0.6 is 0 Å². The molecule has 0 fully saturated rings. The molecule has 0 aliphatic rings. The highest BCUT2D eigenvalue weighted by atomic mass is 16.6. The third-order valence-electron chi connectivity index (χ3n) is 2.27. The fraction of sp³-hybridized carbons (Fsp3) is 0.846. The van der Waals surface area contributed by atoms with Crippen LogP contribution in [-0.2, 0) is 19.1 Å². The van der Waals surface area contributed by atoms with Gasteiger partial charge in [-0.3, -0.25) is 9.59 Å². The van der Waals surface area contributed by atoms with E-state index in [4.69, 9.17) is 9.47 Å². The lowest BCUT2D eigenvalue weighted by Crippen LogP contribution is -2.27. The first kappa shape index (κ1) is 15.9. The number of carbonyl (C=O) groups is 2. The van der Waals surface area contributed by atoms with Gasteiger partial charge in [-0.05, 0) is 27.2 Å². The molecule has 0 aromatic heterocycles. The van der Waals surface area contributed by atoms with Gasteiger partial charge in [0.05, 0.1) is 19.4 Å². The van der Waals surface area contributed by atoms with Gasteiger partial charge >= 0.3 is 11.9 Å². The van der Waals surface area contributed by atoms with Crippen LogP contribution in [0.25, 0.3) is 0 Å². The number of ether oxygens (including phenoxy) is 2. The van der Waals surface area contributed by atoms with E-state index in [0.29, 0.717) is 6.42 Å². The highest BCUT2D eigenvalue weighted by molar-refractivity contribution is 5.80. The lowest BCUT2D eigenvalue weighted by atomic mass is 9.98. The fourth-order valence-corrected chi connectivity index (χ4v) is 1.50. The van der Waals surface area contributed by atoms with Gasteiger partial charge in [0.15, 0.2) is 0 Å². The standard InChI is InChI=1S/C13H24O4/c1-6-7-8-10(12(15)16-5)9-11(14)17-13(2,3)4/h10H,6-9H2,1-5H3/t10-/m1/s1. The summed E-state index contributed by atoms with van der Waals surface area (Å²) in [7, 11) is 1.34. The van der Waals surface area contributed by atoms with Crippen molar-refractivity contribution in [2.45, 2.75) is 59.0 Å². The molecule has 0 aliphatic carbocycles. The second-order valence-corrected chi connectivity index (χ2v) is 5.15. The second-order valence-electron chi connectivity index (χ2n) is 5.15. The molecule has 100 valence electrons. The molecule has 0 bridgehead atoms. The molecule has 0 amide bonds. The molecule has 0 unspecified atom stereocenters. The van der Waals surface area contributed by atoms with Crippen LogP contribution in [0.15, 0.2) is 0 Å². The molecule has 4 nitrogen and oxygen atoms in total. The third-order valence-corrected chi connectivity index (χ3v) is 2.27. The Balaban J connectivity index is 4.32. The quantitative estimate of drug-likeness (QED) is 0.674. The molecule has 1 atom stereocenters. The Morgan fingerprint density at radius 2 is 1.82 bits per heavy atom. The molecule has 0 saturated carbocycles. The summed E-state index contributed by atoms with van der Waals surface area (Å²) < 4.78 is 9.89. The van der Waals surface area contributed by atoms with Crippen molar-refractivity contribution in [3.8, 4) is 0 Å². The molecule has 0 N–H and O–H groups in total. The number of carbonyl (C=O) groups excluding carboxylic acids is 2. The van der Waals surface area contributed by atoms with Crippen LogP contribution < -0.4 is 0 Å². The fourth-order valence-electron chi connectivity index (χ4n) is 1.50. The van der Waals surface area contributed by atoms with Gasteiger partial charge in [0.2, 0.25) is 0 Å². The van der Waals surface area contributed by atoms with Crippen molar-refractivity contribution in [1.29, 1.82) is 0 Å². The minimum absolute atomic E-state index is 0.101. The number of hydrogen-bond donors (Lipinski definition) is 0. The van der Waals surface area contributed by atoms with Crippen LogP contribution in [0.4, 0.5) is 0 Å². The maximum absolute atomic E-state index is 11.6. The minimum Gasteiger partial charge on any atom is -0.469 e. The van der Waals surface area contributed by atoms with E-state index in [1.165, 1.54) is 7.11 Å². The summed E-state index contributed by atoms with van der Waals surface area (Å²) in [6, 6.07) is 0. The summed E-state index contributed by atoms with van der Waals surface area (Å²) >= 11 is 0. The molecule has 0 heterocycles. The zero-order chi connectivity index (χ0) is 13.5. The number of unbranched alkanes of at least 4 members (excludes halogenated alkanes) is 1. The molecular formula is C13H24O4. The SMILES string of the molecule is CCCC[C@H](CC(=O)OC(C)(C)C)C(=O)OC. The average molecular weight is 244 g/mol. The first-order valence-corrected chi connectivity index (χ1v) is 6.09. The average Bonchev–Trinajstić information content (AvgIpc) is 2.20. The normalized spacial score (nSPS) is 13.0. The molecule has 0 rings (SSSR count). The summed E-state index contributed by atoms with van der Waals surface area (Å²) in [6.07, 6.45) is 2.66. The van der Waals surface area contributed by atoms with Crippen LogP contribution in [-0.4, -0.2) is 24.6 Å². The first-order valence-electron chi connectivity index (χ1n) is 6.09. The molecule has 0 aromatic carbocycles. The molecular weight excluding hydrogens is 220 g/mol. The molecule has 0 aromatic rings. The highest BCUT2D eigenvalue weighted by Gasteiger charge is 2.25. The molecule has 17 heavy (non-hydrogen) atoms. The van der Waals surface area contributed by atoms with Gasteiger partial charge in [-0.1, -0.05) is 19.8 Å². The maximum atomic E-state index is 11.6. The van der Waals surface area contributed by atoms with Gasteiger partial charge in [-0.15, -0.1) is 0 Å². The predicted octanol–water partition coefficient (Wildman–Crippen LogP) is 2.70. The van der Waals surface area contributed by atoms with Crippen LogP contribution in [0, 0.1) is 5.92 Å². The van der Waals surface area contributed by atoms with E-state index in [1.54, 1.807) is 0 Å². The van der Waals surface area contributed by atoms with E-state index in [0.717, 1.165) is 12.8 Å². The Morgan fingerprint density at radius 1 is 1.24 bits per heavy atom. The number of esters is 2. The van der Waals surface area contributed by atoms with Gasteiger partial charge in [0, 0.05) is 0 Å². The Morgan fingerprint density at radius 3 is 2.24 bits per heavy atom. The molecule has 0 spiro atoms. The van der Waals surface area contributed by atoms with Gasteiger partial charge < -0.3 is 9.47 Å². The first-order chi connectivity index (χ1) is 7.80. The third kappa shape index (κ3) is 7.77. The van der Waals surface area contributed by atoms with E-state index in [-0.39, 0.29) is 24.3 Å². The van der Waals surface area contributed by atoms with Gasteiger partial charge in [-0.25, -0.2) is 0 Å². The Bertz CT molecular complexity index is 253. The summed E-state index contributed by atoms with van der Waals surface area (Å²) in [5.41, 5.74) is -0.511. The number of rotatable bonds is 6. The van der Waals surface area contributed by atoms with Crippen LogP contribution in [0.5, 0.6) is 0 Å². The molecule has 4 heteroatoms. The van der Waals surface area contributed by atoms with Crippen molar-refractivity contribution in [3.63, 3.8) is 0 Å². The largest absolute Gasteiger partial charge is 0.469 e. The van der Waals surface area contributed by atoms with Crippen LogP contribution in [0.2, 0.25) is 0 Å². The van der Waals surface area contributed by atoms with E-state index < -0.39 is 5.60 Å². The van der Waals surface area contributed by atoms with Gasteiger partial charge in [0.1, 0.15) is 5.60 Å². The van der Waals surface area contributed by atoms with Crippen molar-refractivity contribution in [2.24, 2.45) is 5.92 Å². The molecule has 0 aliphatic heterocycles. The second kappa shape index (κ2) is 7.30. The minimum atomic E-state index is -0.511. The summed E-state index contributed by atoms with van der Waals surface area (Å²) in [5.74, 6) is -1.05. The van der Waals surface area contributed by atoms with E-state index in [2.05, 4.69) is 0 Å². The maximum Gasteiger partial charge on any atom is 0.309 e. The van der Waals surface area contributed by atoms with Crippen LogP contribution in [0.1, 0.15) is 53.4 Å². The molecule has 0 saturated heterocycles. The monoisotopic (exact) mass is 244 g/mol. The lowest BCUT2D eigenvalue weighted by molar-refractivity contribution is -0.160. The topological polar surface area (TPSA) is 52.6 Å². The van der Waals surface area contributed by atoms with E-state index >= 15 is 0 Å². The van der Waals surface area contributed by atoms with Crippen molar-refractivity contribution in [2.75, 3.05) is 7.11 Å².